The molecule has 0 heterocycles. The Hall–Kier alpha value is -8.60. The molecule has 0 radical (unpaired) electrons. The lowest BCUT2D eigenvalue weighted by atomic mass is 9.84. The SMILES string of the molecule is N#CC(C#N)=C1C2=C(C(=C(C#N)C#N)c3cccc(-c4cc(OC(F)(F)F)c(C#N)c(OC(F)(F)F)c4)c32)c2c1cccc2-c1cc(OC(F)(F)F)c(C#N)c(OC(F)(F)F)c1. The maximum atomic E-state index is 13.6. The highest BCUT2D eigenvalue weighted by molar-refractivity contribution is 6.39. The van der Waals surface area contributed by atoms with E-state index in [1.165, 1.54) is 12.1 Å². The van der Waals surface area contributed by atoms with Crippen LogP contribution in [0.5, 0.6) is 23.0 Å². The molecule has 0 amide bonds. The van der Waals surface area contributed by atoms with Gasteiger partial charge in [-0.25, -0.2) is 0 Å². The molecule has 0 unspecified atom stereocenters. The molecule has 308 valence electrons. The monoisotopic (exact) mass is 866 g/mol. The molecule has 0 atom stereocenters. The van der Waals surface area contributed by atoms with Crippen molar-refractivity contribution in [2.75, 3.05) is 0 Å². The highest BCUT2D eigenvalue weighted by Crippen LogP contribution is 2.63. The van der Waals surface area contributed by atoms with Crippen molar-refractivity contribution >= 4 is 22.3 Å². The Kier molecular flexibility index (Phi) is 10.5. The number of hydrogen-bond acceptors (Lipinski definition) is 10. The number of nitriles is 6. The molecule has 0 aromatic heterocycles. The zero-order valence-electron chi connectivity index (χ0n) is 29.6. The normalized spacial score (nSPS) is 12.9. The van der Waals surface area contributed by atoms with Crippen molar-refractivity contribution in [2.45, 2.75) is 25.4 Å². The minimum Gasteiger partial charge on any atom is -0.404 e. The van der Waals surface area contributed by atoms with Crippen LogP contribution in [-0.2, 0) is 0 Å². The van der Waals surface area contributed by atoms with Gasteiger partial charge in [-0.3, -0.25) is 0 Å². The molecular weight excluding hydrogens is 856 g/mol. The topological polar surface area (TPSA) is 180 Å². The lowest BCUT2D eigenvalue weighted by molar-refractivity contribution is -0.278. The number of alkyl halides is 12. The van der Waals surface area contributed by atoms with E-state index in [0.29, 0.717) is 24.3 Å². The number of fused-ring (bicyclic) bond motifs is 4. The Labute approximate surface area is 337 Å². The van der Waals surface area contributed by atoms with Crippen LogP contribution < -0.4 is 18.9 Å². The number of halogens is 12. The Morgan fingerprint density at radius 3 is 0.887 bits per heavy atom. The van der Waals surface area contributed by atoms with E-state index in [4.69, 9.17) is 0 Å². The molecule has 22 heteroatoms. The first-order valence-corrected chi connectivity index (χ1v) is 16.3. The van der Waals surface area contributed by atoms with E-state index in [1.807, 2.05) is 0 Å². The maximum absolute atomic E-state index is 13.6. The first-order chi connectivity index (χ1) is 29.0. The van der Waals surface area contributed by atoms with Crippen LogP contribution in [0.2, 0.25) is 0 Å². The average molecular weight is 867 g/mol. The second-order valence-corrected chi connectivity index (χ2v) is 12.3. The summed E-state index contributed by atoms with van der Waals surface area (Å²) < 4.78 is 179. The van der Waals surface area contributed by atoms with Gasteiger partial charge in [-0.15, -0.1) is 52.7 Å². The van der Waals surface area contributed by atoms with Gasteiger partial charge in [0, 0.05) is 22.3 Å². The fourth-order valence-corrected chi connectivity index (χ4v) is 6.89. The predicted molar refractivity (Wildman–Crippen MR) is 183 cm³/mol. The molecule has 4 aromatic rings. The lowest BCUT2D eigenvalue weighted by Crippen LogP contribution is -2.20. The van der Waals surface area contributed by atoms with Gasteiger partial charge in [0.2, 0.25) is 0 Å². The smallest absolute Gasteiger partial charge is 0.404 e. The van der Waals surface area contributed by atoms with Crippen LogP contribution >= 0.6 is 0 Å². The third-order valence-electron chi connectivity index (χ3n) is 8.75. The standard InChI is InChI=1S/C40H10F12N6O4/c41-37(42,43)59-27-7-17(8-28(25(27)15-57)60-38(44,45)46)21-3-1-5-23-31(19(11-53)12-54)35-34-22(4-2-6-24(34)32(20(13-55)14-56)36(35)33(21)23)18-9-29(61-39(47,48)49)26(16-58)30(10-18)62-40(50,51)52/h1-10H. The van der Waals surface area contributed by atoms with E-state index in [2.05, 4.69) is 18.9 Å². The summed E-state index contributed by atoms with van der Waals surface area (Å²) in [5, 5.41) is 60.0. The summed E-state index contributed by atoms with van der Waals surface area (Å²) in [7, 11) is 0. The van der Waals surface area contributed by atoms with E-state index >= 15 is 0 Å². The molecule has 0 bridgehead atoms. The summed E-state index contributed by atoms with van der Waals surface area (Å²) in [6, 6.07) is 17.7. The number of benzene rings is 4. The van der Waals surface area contributed by atoms with Crippen LogP contribution in [0.3, 0.4) is 0 Å². The molecule has 0 saturated heterocycles. The van der Waals surface area contributed by atoms with Gasteiger partial charge in [0.15, 0.2) is 23.0 Å². The minimum absolute atomic E-state index is 0.207. The van der Waals surface area contributed by atoms with Gasteiger partial charge in [-0.2, -0.15) is 31.6 Å². The Morgan fingerprint density at radius 1 is 0.403 bits per heavy atom. The van der Waals surface area contributed by atoms with E-state index in [0.717, 1.165) is 36.4 Å². The van der Waals surface area contributed by atoms with Crippen LogP contribution in [0.4, 0.5) is 52.7 Å². The summed E-state index contributed by atoms with van der Waals surface area (Å²) in [6.45, 7) is 0. The third kappa shape index (κ3) is 8.04. The van der Waals surface area contributed by atoms with Gasteiger partial charge in [0.1, 0.15) is 58.7 Å². The van der Waals surface area contributed by atoms with E-state index in [1.54, 1.807) is 24.3 Å². The van der Waals surface area contributed by atoms with Gasteiger partial charge >= 0.3 is 25.4 Å². The zero-order valence-corrected chi connectivity index (χ0v) is 29.6. The molecule has 0 spiro atoms. The van der Waals surface area contributed by atoms with Crippen LogP contribution in [-0.4, -0.2) is 25.4 Å². The average Bonchev–Trinajstić information content (AvgIpc) is 3.66. The van der Waals surface area contributed by atoms with Crippen molar-refractivity contribution < 1.29 is 71.6 Å². The molecule has 0 aliphatic heterocycles. The van der Waals surface area contributed by atoms with Crippen molar-refractivity contribution in [1.82, 2.24) is 0 Å². The lowest BCUT2D eigenvalue weighted by Gasteiger charge is -2.20. The van der Waals surface area contributed by atoms with Gasteiger partial charge in [-0.05, 0) is 68.8 Å². The Balaban J connectivity index is 1.80. The largest absolute Gasteiger partial charge is 0.573 e. The summed E-state index contributed by atoms with van der Waals surface area (Å²) in [5.41, 5.74) is -8.66. The minimum atomic E-state index is -5.60. The van der Waals surface area contributed by atoms with Gasteiger partial charge < -0.3 is 18.9 Å². The van der Waals surface area contributed by atoms with Crippen molar-refractivity contribution in [3.8, 4) is 81.7 Å². The molecule has 0 fully saturated rings. The second kappa shape index (κ2) is 15.2. The molecule has 10 nitrogen and oxygen atoms in total. The fraction of sp³-hybridized carbons (Fsp3) is 0.100. The molecule has 4 aromatic carbocycles. The van der Waals surface area contributed by atoms with Crippen LogP contribution in [0, 0.1) is 68.0 Å². The van der Waals surface area contributed by atoms with Crippen LogP contribution in [0.15, 0.2) is 71.8 Å². The highest BCUT2D eigenvalue weighted by Gasteiger charge is 2.44. The Bertz CT molecular complexity index is 2680. The fourth-order valence-electron chi connectivity index (χ4n) is 6.89. The predicted octanol–water partition coefficient (Wildman–Crippen LogP) is 10.9. The molecule has 6 rings (SSSR count). The molecule has 2 aliphatic carbocycles. The summed E-state index contributed by atoms with van der Waals surface area (Å²) >= 11 is 0. The first-order valence-electron chi connectivity index (χ1n) is 16.3. The van der Waals surface area contributed by atoms with Gasteiger partial charge in [0.25, 0.3) is 0 Å². The van der Waals surface area contributed by atoms with Gasteiger partial charge in [-0.1, -0.05) is 36.4 Å². The van der Waals surface area contributed by atoms with Crippen molar-refractivity contribution in [3.05, 3.63) is 105 Å². The number of ether oxygens (including phenoxy) is 4. The summed E-state index contributed by atoms with van der Waals surface area (Å²) in [6.07, 6.45) is -22.4. The molecule has 0 N–H and O–H groups in total. The summed E-state index contributed by atoms with van der Waals surface area (Å²) in [5.74, 6) is -5.98. The van der Waals surface area contributed by atoms with E-state index in [9.17, 15) is 84.3 Å². The molecule has 2 aliphatic rings. The van der Waals surface area contributed by atoms with E-state index in [-0.39, 0.29) is 55.7 Å². The Morgan fingerprint density at radius 2 is 0.661 bits per heavy atom. The number of nitrogens with zero attached hydrogens (tertiary/aromatic N) is 6. The molecule has 0 saturated carbocycles. The zero-order chi connectivity index (χ0) is 45.7. The van der Waals surface area contributed by atoms with Crippen LogP contribution in [0.1, 0.15) is 33.4 Å². The quantitative estimate of drug-likeness (QED) is 0.134. The third-order valence-corrected chi connectivity index (χ3v) is 8.75. The van der Waals surface area contributed by atoms with Crippen molar-refractivity contribution in [3.63, 3.8) is 0 Å². The number of allylic oxidation sites excluding steroid dienone is 6. The number of rotatable bonds is 6. The van der Waals surface area contributed by atoms with E-state index < -0.39 is 81.8 Å². The second-order valence-electron chi connectivity index (χ2n) is 12.3. The first kappa shape index (κ1) is 43.0. The molecule has 62 heavy (non-hydrogen) atoms. The highest BCUT2D eigenvalue weighted by atomic mass is 19.4. The maximum Gasteiger partial charge on any atom is 0.573 e. The van der Waals surface area contributed by atoms with Crippen molar-refractivity contribution in [2.24, 2.45) is 0 Å². The summed E-state index contributed by atoms with van der Waals surface area (Å²) in [4.78, 5) is 0. The number of hydrogen-bond donors (Lipinski definition) is 0. The van der Waals surface area contributed by atoms with Gasteiger partial charge in [0.05, 0.1) is 0 Å². The molecular formula is C40H10F12N6O4. The van der Waals surface area contributed by atoms with Crippen molar-refractivity contribution in [1.29, 1.82) is 31.6 Å². The van der Waals surface area contributed by atoms with Crippen LogP contribution in [0.25, 0.3) is 44.5 Å².